The number of aliphatic hydroxyl groups is 1. The van der Waals surface area contributed by atoms with Crippen molar-refractivity contribution in [3.63, 3.8) is 0 Å². The number of hydrogen-bond donors (Lipinski definition) is 2. The Bertz CT molecular complexity index is 1460. The first kappa shape index (κ1) is 26.3. The van der Waals surface area contributed by atoms with Crippen molar-refractivity contribution < 1.29 is 19.1 Å². The molecular weight excluding hydrogens is 495 g/mol. The molecule has 1 aliphatic rings. The summed E-state index contributed by atoms with van der Waals surface area (Å²) in [5.41, 5.74) is 4.62. The Balaban J connectivity index is 1.17. The van der Waals surface area contributed by atoms with Gasteiger partial charge in [-0.1, -0.05) is 18.2 Å². The van der Waals surface area contributed by atoms with Crippen LogP contribution < -0.4 is 10.2 Å². The summed E-state index contributed by atoms with van der Waals surface area (Å²) in [4.78, 5) is 27.5. The molecule has 0 unspecified atom stereocenters. The maximum Gasteiger partial charge on any atom is 0.185 e. The van der Waals surface area contributed by atoms with Crippen LogP contribution >= 0.6 is 0 Å². The van der Waals surface area contributed by atoms with Gasteiger partial charge in [-0.15, -0.1) is 0 Å². The van der Waals surface area contributed by atoms with E-state index < -0.39 is 5.82 Å². The highest BCUT2D eigenvalue weighted by Crippen LogP contribution is 2.24. The summed E-state index contributed by atoms with van der Waals surface area (Å²) < 4.78 is 16.4. The minimum atomic E-state index is -0.446. The highest BCUT2D eigenvalue weighted by molar-refractivity contribution is 5.98. The lowest BCUT2D eigenvalue weighted by molar-refractivity contribution is 0.0979. The molecule has 39 heavy (non-hydrogen) atoms. The molecule has 0 radical (unpaired) electrons. The van der Waals surface area contributed by atoms with Gasteiger partial charge in [0.1, 0.15) is 11.5 Å². The average molecular weight is 527 g/mol. The molecule has 0 aliphatic carbocycles. The van der Waals surface area contributed by atoms with E-state index in [1.807, 2.05) is 36.4 Å². The summed E-state index contributed by atoms with van der Waals surface area (Å²) in [5.74, 6) is -0.545. The van der Waals surface area contributed by atoms with Crippen LogP contribution in [-0.4, -0.2) is 45.6 Å². The van der Waals surface area contributed by atoms with E-state index in [-0.39, 0.29) is 30.5 Å². The maximum absolute atomic E-state index is 14.9. The van der Waals surface area contributed by atoms with E-state index in [9.17, 15) is 19.1 Å². The first-order chi connectivity index (χ1) is 18.9. The lowest BCUT2D eigenvalue weighted by Crippen LogP contribution is -2.35. The van der Waals surface area contributed by atoms with Crippen molar-refractivity contribution in [2.45, 2.75) is 31.8 Å². The summed E-state index contributed by atoms with van der Waals surface area (Å²) in [7, 11) is 1.73. The number of anilines is 3. The third kappa shape index (κ3) is 6.41. The van der Waals surface area contributed by atoms with Gasteiger partial charge in [-0.3, -0.25) is 14.3 Å². The number of carbonyl (C=O) groups is 2. The monoisotopic (exact) mass is 526 g/mol. The molecule has 0 amide bonds. The first-order valence-corrected chi connectivity index (χ1v) is 13.1. The van der Waals surface area contributed by atoms with Crippen LogP contribution in [0.25, 0.3) is 0 Å². The van der Waals surface area contributed by atoms with Gasteiger partial charge in [-0.05, 0) is 78.6 Å². The summed E-state index contributed by atoms with van der Waals surface area (Å²) >= 11 is 0. The second-order valence-corrected chi connectivity index (χ2v) is 9.94. The molecule has 2 heterocycles. The third-order valence-electron chi connectivity index (χ3n) is 7.12. The Morgan fingerprint density at radius 3 is 2.23 bits per heavy atom. The van der Waals surface area contributed by atoms with Gasteiger partial charge in [0.2, 0.25) is 0 Å². The van der Waals surface area contributed by atoms with E-state index in [4.69, 9.17) is 0 Å². The van der Waals surface area contributed by atoms with E-state index in [0.29, 0.717) is 28.2 Å². The Morgan fingerprint density at radius 2 is 1.59 bits per heavy atom. The molecule has 2 N–H and O–H groups in total. The van der Waals surface area contributed by atoms with Crippen LogP contribution in [0.5, 0.6) is 0 Å². The van der Waals surface area contributed by atoms with Gasteiger partial charge in [-0.2, -0.15) is 5.10 Å². The Hall–Kier alpha value is -4.30. The smallest absolute Gasteiger partial charge is 0.185 e. The van der Waals surface area contributed by atoms with E-state index in [1.54, 1.807) is 48.3 Å². The fraction of sp³-hybridized carbons (Fsp3) is 0.258. The summed E-state index contributed by atoms with van der Waals surface area (Å²) in [6.07, 6.45) is 3.21. The van der Waals surface area contributed by atoms with Crippen LogP contribution in [0.1, 0.15) is 44.8 Å². The quantitative estimate of drug-likeness (QED) is 0.295. The van der Waals surface area contributed by atoms with E-state index in [0.717, 1.165) is 37.2 Å². The van der Waals surface area contributed by atoms with Gasteiger partial charge in [-0.25, -0.2) is 4.39 Å². The van der Waals surface area contributed by atoms with Gasteiger partial charge in [0.25, 0.3) is 0 Å². The number of nitrogens with one attached hydrogen (secondary N) is 1. The Kier molecular flexibility index (Phi) is 7.84. The molecule has 1 fully saturated rings. The van der Waals surface area contributed by atoms with Crippen molar-refractivity contribution in [3.05, 3.63) is 107 Å². The summed E-state index contributed by atoms with van der Waals surface area (Å²) in [6.45, 7) is 1.59. The molecule has 4 aromatic rings. The van der Waals surface area contributed by atoms with Crippen LogP contribution in [-0.2, 0) is 19.9 Å². The number of aryl methyl sites for hydroxylation is 1. The topological polar surface area (TPSA) is 87.5 Å². The minimum Gasteiger partial charge on any atom is -0.393 e. The molecule has 1 aliphatic heterocycles. The molecule has 1 saturated heterocycles. The fourth-order valence-electron chi connectivity index (χ4n) is 4.82. The molecule has 200 valence electrons. The number of aliphatic hydroxyl groups excluding tert-OH is 1. The molecule has 0 atom stereocenters. The first-order valence-electron chi connectivity index (χ1n) is 13.1. The van der Waals surface area contributed by atoms with Gasteiger partial charge in [0.05, 0.1) is 11.8 Å². The second kappa shape index (κ2) is 11.6. The van der Waals surface area contributed by atoms with Crippen molar-refractivity contribution in [1.29, 1.82) is 0 Å². The van der Waals surface area contributed by atoms with Gasteiger partial charge >= 0.3 is 0 Å². The number of benzene rings is 3. The van der Waals surface area contributed by atoms with Gasteiger partial charge < -0.3 is 15.3 Å². The molecule has 8 heteroatoms. The van der Waals surface area contributed by atoms with Crippen molar-refractivity contribution >= 4 is 28.6 Å². The van der Waals surface area contributed by atoms with Crippen LogP contribution in [0.3, 0.4) is 0 Å². The fourth-order valence-corrected chi connectivity index (χ4v) is 4.82. The van der Waals surface area contributed by atoms with Crippen LogP contribution in [0, 0.1) is 5.82 Å². The normalized spacial score (nSPS) is 13.9. The molecule has 3 aromatic carbocycles. The zero-order valence-electron chi connectivity index (χ0n) is 21.8. The summed E-state index contributed by atoms with van der Waals surface area (Å²) in [5, 5.41) is 16.8. The van der Waals surface area contributed by atoms with Gasteiger partial charge in [0.15, 0.2) is 11.6 Å². The van der Waals surface area contributed by atoms with E-state index in [1.165, 1.54) is 6.07 Å². The molecule has 0 saturated carbocycles. The Morgan fingerprint density at radius 1 is 0.923 bits per heavy atom. The number of nitrogens with zero attached hydrogens (tertiary/aromatic N) is 3. The predicted octanol–water partition coefficient (Wildman–Crippen LogP) is 5.11. The van der Waals surface area contributed by atoms with E-state index in [2.05, 4.69) is 15.3 Å². The van der Waals surface area contributed by atoms with Crippen LogP contribution in [0.2, 0.25) is 0 Å². The zero-order valence-corrected chi connectivity index (χ0v) is 21.8. The van der Waals surface area contributed by atoms with E-state index >= 15 is 0 Å². The SMILES string of the molecule is Cn1nccc1C(=O)Cc1ccc(Nc2ccc(CC(=O)c3ccc(N4CCC(O)CC4)cc3)cc2F)cc1. The lowest BCUT2D eigenvalue weighted by Gasteiger charge is -2.31. The van der Waals surface area contributed by atoms with Crippen molar-refractivity contribution in [2.75, 3.05) is 23.3 Å². The number of ketones is 2. The van der Waals surface area contributed by atoms with Crippen LogP contribution in [0.15, 0.2) is 79.0 Å². The Labute approximate surface area is 226 Å². The number of Topliss-reactive ketones (excluding diaryl/α,β-unsaturated/α-hetero) is 2. The number of rotatable bonds is 9. The highest BCUT2D eigenvalue weighted by Gasteiger charge is 2.18. The second-order valence-electron chi connectivity index (χ2n) is 9.94. The summed E-state index contributed by atoms with van der Waals surface area (Å²) in [6, 6.07) is 21.2. The number of hydrogen-bond acceptors (Lipinski definition) is 6. The van der Waals surface area contributed by atoms with Crippen molar-refractivity contribution in [3.8, 4) is 0 Å². The molecule has 7 nitrogen and oxygen atoms in total. The lowest BCUT2D eigenvalue weighted by atomic mass is 10.0. The molecule has 1 aromatic heterocycles. The number of carbonyl (C=O) groups excluding carboxylic acids is 2. The van der Waals surface area contributed by atoms with Gasteiger partial charge in [0, 0.05) is 56.1 Å². The number of aromatic nitrogens is 2. The molecule has 0 spiro atoms. The molecule has 5 rings (SSSR count). The third-order valence-corrected chi connectivity index (χ3v) is 7.12. The largest absolute Gasteiger partial charge is 0.393 e. The van der Waals surface area contributed by atoms with Crippen molar-refractivity contribution in [1.82, 2.24) is 9.78 Å². The number of halogens is 1. The standard InChI is InChI=1S/C31H31FN4O3/c1-35-29(12-15-33-35)31(39)19-21-2-7-24(8-3-21)34-28-11-4-22(18-27(28)32)20-30(38)23-5-9-25(10-6-23)36-16-13-26(37)14-17-36/h2-12,15,18,26,34,37H,13-14,16-17,19-20H2,1H3. The zero-order chi connectivity index (χ0) is 27.4. The maximum atomic E-state index is 14.9. The average Bonchev–Trinajstić information content (AvgIpc) is 3.38. The van der Waals surface area contributed by atoms with Crippen molar-refractivity contribution in [2.24, 2.45) is 7.05 Å². The predicted molar refractivity (Wildman–Crippen MR) is 149 cm³/mol. The molecular formula is C31H31FN4O3. The minimum absolute atomic E-state index is 0.0226. The molecule has 0 bridgehead atoms. The number of piperidine rings is 1. The van der Waals surface area contributed by atoms with Crippen LogP contribution in [0.4, 0.5) is 21.5 Å². The highest BCUT2D eigenvalue weighted by atomic mass is 19.1.